The minimum absolute atomic E-state index is 0.0226. The van der Waals surface area contributed by atoms with E-state index in [4.69, 9.17) is 0 Å². The van der Waals surface area contributed by atoms with Gasteiger partial charge in [-0.3, -0.25) is 9.59 Å². The lowest BCUT2D eigenvalue weighted by Gasteiger charge is -2.40. The van der Waals surface area contributed by atoms with Crippen molar-refractivity contribution < 1.29 is 9.59 Å². The first kappa shape index (κ1) is 17.3. The molecule has 0 radical (unpaired) electrons. The van der Waals surface area contributed by atoms with E-state index in [1.807, 2.05) is 11.8 Å². The largest absolute Gasteiger partial charge is 0.353 e. The number of rotatable bonds is 4. The van der Waals surface area contributed by atoms with Gasteiger partial charge in [0.15, 0.2) is 0 Å². The molecule has 2 fully saturated rings. The summed E-state index contributed by atoms with van der Waals surface area (Å²) in [5, 5.41) is 3.27. The SMILES string of the molecule is CC(C)CN1C(=O)CC[C@@H](C(=O)NC2CCCCCC2)[C@H]1C. The van der Waals surface area contributed by atoms with Gasteiger partial charge in [0.2, 0.25) is 11.8 Å². The van der Waals surface area contributed by atoms with Gasteiger partial charge in [0.25, 0.3) is 0 Å². The first-order valence-electron chi connectivity index (χ1n) is 9.09. The van der Waals surface area contributed by atoms with E-state index in [-0.39, 0.29) is 23.8 Å². The Labute approximate surface area is 135 Å². The van der Waals surface area contributed by atoms with Gasteiger partial charge in [-0.2, -0.15) is 0 Å². The van der Waals surface area contributed by atoms with E-state index in [1.165, 1.54) is 25.7 Å². The van der Waals surface area contributed by atoms with Crippen LogP contribution in [0.5, 0.6) is 0 Å². The molecule has 0 aromatic heterocycles. The summed E-state index contributed by atoms with van der Waals surface area (Å²) in [5.74, 6) is 0.773. The fraction of sp³-hybridized carbons (Fsp3) is 0.889. The summed E-state index contributed by atoms with van der Waals surface area (Å²) in [7, 11) is 0. The normalized spacial score (nSPS) is 27.8. The molecule has 126 valence electrons. The Bertz CT molecular complexity index is 387. The van der Waals surface area contributed by atoms with Gasteiger partial charge in [0.1, 0.15) is 0 Å². The molecule has 1 N–H and O–H groups in total. The summed E-state index contributed by atoms with van der Waals surface area (Å²) in [6, 6.07) is 0.368. The molecular weight excluding hydrogens is 276 g/mol. The molecular formula is C18H32N2O2. The molecule has 1 aliphatic carbocycles. The predicted molar refractivity (Wildman–Crippen MR) is 88.4 cm³/mol. The van der Waals surface area contributed by atoms with Crippen LogP contribution in [-0.2, 0) is 9.59 Å². The van der Waals surface area contributed by atoms with Crippen molar-refractivity contribution in [2.75, 3.05) is 6.54 Å². The van der Waals surface area contributed by atoms with E-state index in [9.17, 15) is 9.59 Å². The maximum absolute atomic E-state index is 12.7. The van der Waals surface area contributed by atoms with Gasteiger partial charge in [-0.25, -0.2) is 0 Å². The van der Waals surface area contributed by atoms with Crippen molar-refractivity contribution in [3.8, 4) is 0 Å². The molecule has 4 heteroatoms. The highest BCUT2D eigenvalue weighted by Crippen LogP contribution is 2.26. The highest BCUT2D eigenvalue weighted by molar-refractivity contribution is 5.84. The zero-order valence-corrected chi connectivity index (χ0v) is 14.4. The summed E-state index contributed by atoms with van der Waals surface area (Å²) in [6.45, 7) is 7.04. The maximum atomic E-state index is 12.7. The lowest BCUT2D eigenvalue weighted by molar-refractivity contribution is -0.143. The number of likely N-dealkylation sites (tertiary alicyclic amines) is 1. The van der Waals surface area contributed by atoms with E-state index in [0.29, 0.717) is 24.8 Å². The molecule has 0 aromatic carbocycles. The molecule has 2 aliphatic rings. The Morgan fingerprint density at radius 1 is 1.18 bits per heavy atom. The monoisotopic (exact) mass is 308 g/mol. The number of hydrogen-bond donors (Lipinski definition) is 1. The van der Waals surface area contributed by atoms with Crippen LogP contribution in [0.2, 0.25) is 0 Å². The van der Waals surface area contributed by atoms with Gasteiger partial charge in [0.05, 0.1) is 5.92 Å². The summed E-state index contributed by atoms with van der Waals surface area (Å²) in [4.78, 5) is 26.7. The van der Waals surface area contributed by atoms with Gasteiger partial charge in [-0.05, 0) is 32.1 Å². The fourth-order valence-corrected chi connectivity index (χ4v) is 3.85. The van der Waals surface area contributed by atoms with E-state index in [1.54, 1.807) is 0 Å². The van der Waals surface area contributed by atoms with Crippen molar-refractivity contribution in [2.45, 2.75) is 84.2 Å². The minimum atomic E-state index is -0.0419. The fourth-order valence-electron chi connectivity index (χ4n) is 3.85. The standard InChI is InChI=1S/C18H32N2O2/c1-13(2)12-20-14(3)16(10-11-17(20)21)18(22)19-15-8-6-4-5-7-9-15/h13-16H,4-12H2,1-3H3,(H,19,22)/t14-,16-/m1/s1. The third-order valence-electron chi connectivity index (χ3n) is 5.16. The molecule has 1 saturated carbocycles. The summed E-state index contributed by atoms with van der Waals surface area (Å²) in [6.07, 6.45) is 8.48. The molecule has 2 rings (SSSR count). The Morgan fingerprint density at radius 2 is 1.82 bits per heavy atom. The topological polar surface area (TPSA) is 49.4 Å². The molecule has 0 bridgehead atoms. The zero-order valence-electron chi connectivity index (χ0n) is 14.4. The molecule has 0 aromatic rings. The lowest BCUT2D eigenvalue weighted by atomic mass is 9.88. The number of nitrogens with zero attached hydrogens (tertiary/aromatic N) is 1. The Morgan fingerprint density at radius 3 is 2.41 bits per heavy atom. The van der Waals surface area contributed by atoms with Crippen LogP contribution in [0, 0.1) is 11.8 Å². The molecule has 1 aliphatic heterocycles. The maximum Gasteiger partial charge on any atom is 0.225 e. The van der Waals surface area contributed by atoms with Crippen LogP contribution in [0.1, 0.15) is 72.1 Å². The quantitative estimate of drug-likeness (QED) is 0.811. The summed E-state index contributed by atoms with van der Waals surface area (Å²) in [5.41, 5.74) is 0. The van der Waals surface area contributed by atoms with Gasteiger partial charge in [0, 0.05) is 25.0 Å². The second-order valence-corrected chi connectivity index (χ2v) is 7.52. The first-order chi connectivity index (χ1) is 10.5. The summed E-state index contributed by atoms with van der Waals surface area (Å²) >= 11 is 0. The number of carbonyl (C=O) groups excluding carboxylic acids is 2. The van der Waals surface area contributed by atoms with E-state index in [0.717, 1.165) is 19.4 Å². The second-order valence-electron chi connectivity index (χ2n) is 7.52. The smallest absolute Gasteiger partial charge is 0.225 e. The highest BCUT2D eigenvalue weighted by atomic mass is 16.2. The van der Waals surface area contributed by atoms with Crippen LogP contribution >= 0.6 is 0 Å². The first-order valence-corrected chi connectivity index (χ1v) is 9.09. The van der Waals surface area contributed by atoms with Gasteiger partial charge in [-0.15, -0.1) is 0 Å². The molecule has 4 nitrogen and oxygen atoms in total. The molecule has 0 unspecified atom stereocenters. The van der Waals surface area contributed by atoms with E-state index >= 15 is 0 Å². The van der Waals surface area contributed by atoms with E-state index in [2.05, 4.69) is 19.2 Å². The molecule has 2 atom stereocenters. The lowest BCUT2D eigenvalue weighted by Crippen LogP contribution is -2.53. The molecule has 2 amide bonds. The Kier molecular flexibility index (Phi) is 6.27. The number of piperidine rings is 1. The molecule has 0 spiro atoms. The number of hydrogen-bond acceptors (Lipinski definition) is 2. The number of amides is 2. The van der Waals surface area contributed by atoms with Crippen molar-refractivity contribution in [3.63, 3.8) is 0 Å². The molecule has 22 heavy (non-hydrogen) atoms. The second kappa shape index (κ2) is 7.98. The van der Waals surface area contributed by atoms with Crippen LogP contribution in [-0.4, -0.2) is 35.3 Å². The van der Waals surface area contributed by atoms with Crippen molar-refractivity contribution in [3.05, 3.63) is 0 Å². The van der Waals surface area contributed by atoms with Gasteiger partial charge < -0.3 is 10.2 Å². The number of carbonyl (C=O) groups is 2. The van der Waals surface area contributed by atoms with Crippen molar-refractivity contribution in [1.82, 2.24) is 10.2 Å². The van der Waals surface area contributed by atoms with Gasteiger partial charge in [-0.1, -0.05) is 39.5 Å². The number of nitrogens with one attached hydrogen (secondary N) is 1. The van der Waals surface area contributed by atoms with E-state index < -0.39 is 0 Å². The van der Waals surface area contributed by atoms with Crippen molar-refractivity contribution >= 4 is 11.8 Å². The summed E-state index contributed by atoms with van der Waals surface area (Å²) < 4.78 is 0. The van der Waals surface area contributed by atoms with Crippen molar-refractivity contribution in [1.29, 1.82) is 0 Å². The minimum Gasteiger partial charge on any atom is -0.353 e. The predicted octanol–water partition coefficient (Wildman–Crippen LogP) is 3.11. The Hall–Kier alpha value is -1.06. The van der Waals surface area contributed by atoms with Gasteiger partial charge >= 0.3 is 0 Å². The van der Waals surface area contributed by atoms with Crippen LogP contribution in [0.4, 0.5) is 0 Å². The third-order valence-corrected chi connectivity index (χ3v) is 5.16. The highest BCUT2D eigenvalue weighted by Gasteiger charge is 2.37. The third kappa shape index (κ3) is 4.47. The van der Waals surface area contributed by atoms with Crippen molar-refractivity contribution in [2.24, 2.45) is 11.8 Å². The van der Waals surface area contributed by atoms with Crippen LogP contribution in [0.15, 0.2) is 0 Å². The van der Waals surface area contributed by atoms with Crippen LogP contribution in [0.25, 0.3) is 0 Å². The Balaban J connectivity index is 1.94. The zero-order chi connectivity index (χ0) is 16.1. The average molecular weight is 308 g/mol. The molecule has 1 heterocycles. The molecule has 1 saturated heterocycles. The van der Waals surface area contributed by atoms with Crippen LogP contribution in [0.3, 0.4) is 0 Å². The average Bonchev–Trinajstić information content (AvgIpc) is 2.71. The van der Waals surface area contributed by atoms with Crippen LogP contribution < -0.4 is 5.32 Å².